The number of rotatable bonds is 3. The zero-order valence-electron chi connectivity index (χ0n) is 12.9. The molecule has 110 valence electrons. The molecular weight excluding hydrogens is 244 g/mol. The molecule has 1 heterocycles. The van der Waals surface area contributed by atoms with Crippen molar-refractivity contribution in [3.05, 3.63) is 29.3 Å². The van der Waals surface area contributed by atoms with Crippen LogP contribution in [-0.4, -0.2) is 18.6 Å². The summed E-state index contributed by atoms with van der Waals surface area (Å²) in [6.07, 6.45) is 8.03. The molecule has 2 heteroatoms. The molecule has 2 aliphatic rings. The van der Waals surface area contributed by atoms with Crippen LogP contribution in [0.3, 0.4) is 0 Å². The number of benzene rings is 1. The topological polar surface area (TPSA) is 29.3 Å². The average molecular weight is 272 g/mol. The van der Waals surface area contributed by atoms with Crippen molar-refractivity contribution in [3.8, 4) is 0 Å². The Morgan fingerprint density at radius 2 is 2.05 bits per heavy atom. The van der Waals surface area contributed by atoms with Gasteiger partial charge in [-0.1, -0.05) is 24.1 Å². The van der Waals surface area contributed by atoms with E-state index >= 15 is 0 Å². The molecular formula is C18H28N2. The van der Waals surface area contributed by atoms with Gasteiger partial charge in [0.2, 0.25) is 0 Å². The smallest absolute Gasteiger partial charge is 0.0402 e. The van der Waals surface area contributed by atoms with Crippen LogP contribution in [0.15, 0.2) is 18.2 Å². The van der Waals surface area contributed by atoms with Crippen LogP contribution in [0.5, 0.6) is 0 Å². The van der Waals surface area contributed by atoms with Crippen LogP contribution in [-0.2, 0) is 6.42 Å². The van der Waals surface area contributed by atoms with Gasteiger partial charge in [0.25, 0.3) is 0 Å². The van der Waals surface area contributed by atoms with E-state index in [0.717, 1.165) is 18.4 Å². The molecule has 1 aliphatic carbocycles. The SMILES string of the molecule is Cc1ccc(N2CCCC3CCCC32)c(CC(C)N)c1. The van der Waals surface area contributed by atoms with Gasteiger partial charge in [0.15, 0.2) is 0 Å². The number of piperidine rings is 1. The second kappa shape index (κ2) is 5.77. The highest BCUT2D eigenvalue weighted by molar-refractivity contribution is 5.56. The first-order chi connectivity index (χ1) is 9.65. The van der Waals surface area contributed by atoms with Crippen molar-refractivity contribution < 1.29 is 0 Å². The third-order valence-corrected chi connectivity index (χ3v) is 5.08. The molecule has 3 atom stereocenters. The van der Waals surface area contributed by atoms with Crippen molar-refractivity contribution in [2.75, 3.05) is 11.4 Å². The quantitative estimate of drug-likeness (QED) is 0.910. The second-order valence-electron chi connectivity index (χ2n) is 6.91. The van der Waals surface area contributed by atoms with E-state index in [4.69, 9.17) is 5.73 Å². The number of anilines is 1. The van der Waals surface area contributed by atoms with Crippen LogP contribution >= 0.6 is 0 Å². The van der Waals surface area contributed by atoms with E-state index < -0.39 is 0 Å². The van der Waals surface area contributed by atoms with Crippen LogP contribution in [0.1, 0.15) is 50.2 Å². The standard InChI is InChI=1S/C18H28N2/c1-13-8-9-18(16(11-13)12-14(2)19)20-10-4-6-15-5-3-7-17(15)20/h8-9,11,14-15,17H,3-7,10,12,19H2,1-2H3. The van der Waals surface area contributed by atoms with E-state index in [0.29, 0.717) is 0 Å². The van der Waals surface area contributed by atoms with Gasteiger partial charge in [-0.15, -0.1) is 0 Å². The molecule has 1 saturated carbocycles. The van der Waals surface area contributed by atoms with Gasteiger partial charge >= 0.3 is 0 Å². The van der Waals surface area contributed by atoms with Crippen molar-refractivity contribution in [1.29, 1.82) is 0 Å². The highest BCUT2D eigenvalue weighted by atomic mass is 15.2. The maximum atomic E-state index is 6.06. The summed E-state index contributed by atoms with van der Waals surface area (Å²) < 4.78 is 0. The van der Waals surface area contributed by atoms with E-state index in [1.807, 2.05) is 0 Å². The molecule has 2 nitrogen and oxygen atoms in total. The molecule has 20 heavy (non-hydrogen) atoms. The fourth-order valence-electron chi connectivity index (χ4n) is 4.26. The summed E-state index contributed by atoms with van der Waals surface area (Å²) in [5, 5.41) is 0. The first kappa shape index (κ1) is 13.9. The zero-order chi connectivity index (χ0) is 14.1. The van der Waals surface area contributed by atoms with Crippen molar-refractivity contribution >= 4 is 5.69 Å². The second-order valence-corrected chi connectivity index (χ2v) is 6.91. The van der Waals surface area contributed by atoms with Crippen molar-refractivity contribution in [3.63, 3.8) is 0 Å². The molecule has 1 aliphatic heterocycles. The molecule has 3 unspecified atom stereocenters. The lowest BCUT2D eigenvalue weighted by Crippen LogP contribution is -2.43. The normalized spacial score (nSPS) is 27.4. The summed E-state index contributed by atoms with van der Waals surface area (Å²) >= 11 is 0. The average Bonchev–Trinajstić information content (AvgIpc) is 2.86. The summed E-state index contributed by atoms with van der Waals surface area (Å²) in [7, 11) is 0. The van der Waals surface area contributed by atoms with Crippen LogP contribution in [0.4, 0.5) is 5.69 Å². The minimum atomic E-state index is 0.236. The van der Waals surface area contributed by atoms with Gasteiger partial charge in [-0.05, 0) is 63.5 Å². The zero-order valence-corrected chi connectivity index (χ0v) is 12.9. The summed E-state index contributed by atoms with van der Waals surface area (Å²) in [6.45, 7) is 5.53. The Bertz CT molecular complexity index is 466. The largest absolute Gasteiger partial charge is 0.368 e. The summed E-state index contributed by atoms with van der Waals surface area (Å²) in [5.41, 5.74) is 10.3. The third kappa shape index (κ3) is 2.71. The lowest BCUT2D eigenvalue weighted by molar-refractivity contribution is 0.362. The third-order valence-electron chi connectivity index (χ3n) is 5.08. The Labute approximate surface area is 123 Å². The van der Waals surface area contributed by atoms with Gasteiger partial charge in [0.1, 0.15) is 0 Å². The molecule has 2 fully saturated rings. The van der Waals surface area contributed by atoms with Gasteiger partial charge in [-0.3, -0.25) is 0 Å². The molecule has 1 aromatic rings. The Morgan fingerprint density at radius 3 is 2.85 bits per heavy atom. The molecule has 2 N–H and O–H groups in total. The summed E-state index contributed by atoms with van der Waals surface area (Å²) in [5.74, 6) is 0.938. The van der Waals surface area contributed by atoms with Gasteiger partial charge in [-0.25, -0.2) is 0 Å². The molecule has 0 aromatic heterocycles. The Balaban J connectivity index is 1.91. The number of nitrogens with zero attached hydrogens (tertiary/aromatic N) is 1. The van der Waals surface area contributed by atoms with E-state index in [9.17, 15) is 0 Å². The lowest BCUT2D eigenvalue weighted by Gasteiger charge is -2.40. The highest BCUT2D eigenvalue weighted by Crippen LogP contribution is 2.40. The maximum absolute atomic E-state index is 6.06. The van der Waals surface area contributed by atoms with Gasteiger partial charge < -0.3 is 10.6 Å². The Morgan fingerprint density at radius 1 is 1.25 bits per heavy atom. The number of aryl methyl sites for hydroxylation is 1. The molecule has 1 saturated heterocycles. The fourth-order valence-corrected chi connectivity index (χ4v) is 4.26. The fraction of sp³-hybridized carbons (Fsp3) is 0.667. The molecule has 0 radical (unpaired) electrons. The van der Waals surface area contributed by atoms with Gasteiger partial charge in [0.05, 0.1) is 0 Å². The monoisotopic (exact) mass is 272 g/mol. The number of fused-ring (bicyclic) bond motifs is 1. The van der Waals surface area contributed by atoms with Crippen molar-refractivity contribution in [2.24, 2.45) is 11.7 Å². The van der Waals surface area contributed by atoms with Crippen LogP contribution in [0, 0.1) is 12.8 Å². The lowest BCUT2D eigenvalue weighted by atomic mass is 9.90. The molecule has 0 spiro atoms. The van der Waals surface area contributed by atoms with Crippen LogP contribution < -0.4 is 10.6 Å². The number of nitrogens with two attached hydrogens (primary N) is 1. The Kier molecular flexibility index (Phi) is 4.02. The first-order valence-corrected chi connectivity index (χ1v) is 8.27. The maximum Gasteiger partial charge on any atom is 0.0402 e. The number of hydrogen-bond donors (Lipinski definition) is 1. The molecule has 0 amide bonds. The van der Waals surface area contributed by atoms with Gasteiger partial charge in [-0.2, -0.15) is 0 Å². The number of hydrogen-bond acceptors (Lipinski definition) is 2. The van der Waals surface area contributed by atoms with E-state index in [-0.39, 0.29) is 6.04 Å². The van der Waals surface area contributed by atoms with Crippen molar-refractivity contribution in [1.82, 2.24) is 0 Å². The molecule has 1 aromatic carbocycles. The predicted octanol–water partition coefficient (Wildman–Crippen LogP) is 3.65. The highest BCUT2D eigenvalue weighted by Gasteiger charge is 2.35. The summed E-state index contributed by atoms with van der Waals surface area (Å²) in [6, 6.07) is 7.97. The predicted molar refractivity (Wildman–Crippen MR) is 86.2 cm³/mol. The van der Waals surface area contributed by atoms with E-state index in [1.165, 1.54) is 55.5 Å². The molecule has 0 bridgehead atoms. The van der Waals surface area contributed by atoms with E-state index in [2.05, 4.69) is 36.9 Å². The molecule has 3 rings (SSSR count). The minimum Gasteiger partial charge on any atom is -0.368 e. The van der Waals surface area contributed by atoms with Gasteiger partial charge in [0, 0.05) is 24.3 Å². The van der Waals surface area contributed by atoms with Crippen LogP contribution in [0.2, 0.25) is 0 Å². The van der Waals surface area contributed by atoms with Crippen LogP contribution in [0.25, 0.3) is 0 Å². The first-order valence-electron chi connectivity index (χ1n) is 8.27. The Hall–Kier alpha value is -1.02. The van der Waals surface area contributed by atoms with Crippen molar-refractivity contribution in [2.45, 2.75) is 64.5 Å². The summed E-state index contributed by atoms with van der Waals surface area (Å²) in [4.78, 5) is 2.71. The minimum absolute atomic E-state index is 0.236. The van der Waals surface area contributed by atoms with E-state index in [1.54, 1.807) is 0 Å².